The number of hydrogen-bond donors (Lipinski definition) is 1. The summed E-state index contributed by atoms with van der Waals surface area (Å²) < 4.78 is 0. The number of rotatable bonds is 2. The molecule has 3 aromatic heterocycles. The van der Waals surface area contributed by atoms with Crippen LogP contribution in [0.5, 0.6) is 0 Å². The van der Waals surface area contributed by atoms with Gasteiger partial charge in [0.2, 0.25) is 0 Å². The smallest absolute Gasteiger partial charge is 0.123 e. The zero-order valence-electron chi connectivity index (χ0n) is 13.3. The van der Waals surface area contributed by atoms with Crippen molar-refractivity contribution < 1.29 is 0 Å². The molecule has 0 unspecified atom stereocenters. The molecule has 3 heterocycles. The third-order valence-corrected chi connectivity index (χ3v) is 3.87. The van der Waals surface area contributed by atoms with Crippen LogP contribution in [-0.2, 0) is 0 Å². The molecule has 0 saturated heterocycles. The Morgan fingerprint density at radius 1 is 1.05 bits per heavy atom. The molecule has 0 atom stereocenters. The SMILES string of the molecule is Cc1c(-c2cc3cc(N)ncc3c(C)n2)cncc1N(C)C. The lowest BCUT2D eigenvalue weighted by Gasteiger charge is -2.17. The summed E-state index contributed by atoms with van der Waals surface area (Å²) in [6, 6.07) is 3.93. The number of fused-ring (bicyclic) bond motifs is 1. The van der Waals surface area contributed by atoms with Crippen molar-refractivity contribution in [3.05, 3.63) is 42.0 Å². The summed E-state index contributed by atoms with van der Waals surface area (Å²) in [5.74, 6) is 0.515. The summed E-state index contributed by atoms with van der Waals surface area (Å²) >= 11 is 0. The van der Waals surface area contributed by atoms with E-state index in [9.17, 15) is 0 Å². The molecule has 0 aliphatic rings. The quantitative estimate of drug-likeness (QED) is 0.786. The first-order valence-electron chi connectivity index (χ1n) is 7.12. The fraction of sp³-hybridized carbons (Fsp3) is 0.235. The Morgan fingerprint density at radius 2 is 1.82 bits per heavy atom. The second-order valence-corrected chi connectivity index (χ2v) is 5.65. The number of nitrogen functional groups attached to an aromatic ring is 1. The van der Waals surface area contributed by atoms with Crippen molar-refractivity contribution in [3.63, 3.8) is 0 Å². The lowest BCUT2D eigenvalue weighted by Crippen LogP contribution is -2.11. The van der Waals surface area contributed by atoms with Crippen LogP contribution in [0.2, 0.25) is 0 Å². The number of hydrogen-bond acceptors (Lipinski definition) is 5. The van der Waals surface area contributed by atoms with Gasteiger partial charge in [-0.15, -0.1) is 0 Å². The topological polar surface area (TPSA) is 67.9 Å². The maximum absolute atomic E-state index is 5.81. The third-order valence-electron chi connectivity index (χ3n) is 3.87. The summed E-state index contributed by atoms with van der Waals surface area (Å²) in [4.78, 5) is 15.3. The van der Waals surface area contributed by atoms with Crippen LogP contribution < -0.4 is 10.6 Å². The highest BCUT2D eigenvalue weighted by molar-refractivity contribution is 5.89. The minimum Gasteiger partial charge on any atom is -0.384 e. The van der Waals surface area contributed by atoms with Crippen LogP contribution in [0.4, 0.5) is 11.5 Å². The maximum Gasteiger partial charge on any atom is 0.123 e. The lowest BCUT2D eigenvalue weighted by atomic mass is 10.0. The Hall–Kier alpha value is -2.69. The number of aromatic nitrogens is 3. The van der Waals surface area contributed by atoms with Crippen molar-refractivity contribution in [2.75, 3.05) is 24.7 Å². The van der Waals surface area contributed by atoms with Gasteiger partial charge in [0.1, 0.15) is 5.82 Å². The maximum atomic E-state index is 5.81. The average molecular weight is 293 g/mol. The van der Waals surface area contributed by atoms with E-state index in [1.165, 1.54) is 0 Å². The van der Waals surface area contributed by atoms with Crippen LogP contribution in [0.25, 0.3) is 22.0 Å². The van der Waals surface area contributed by atoms with Gasteiger partial charge in [0, 0.05) is 43.1 Å². The van der Waals surface area contributed by atoms with Crippen LogP contribution in [0.3, 0.4) is 0 Å². The highest BCUT2D eigenvalue weighted by Gasteiger charge is 2.12. The number of pyridine rings is 3. The molecule has 22 heavy (non-hydrogen) atoms. The van der Waals surface area contributed by atoms with Gasteiger partial charge in [0.25, 0.3) is 0 Å². The average Bonchev–Trinajstić information content (AvgIpc) is 2.46. The molecule has 0 fully saturated rings. The molecular weight excluding hydrogens is 274 g/mol. The lowest BCUT2D eigenvalue weighted by molar-refractivity contribution is 1.09. The molecule has 0 aromatic carbocycles. The van der Waals surface area contributed by atoms with Gasteiger partial charge < -0.3 is 10.6 Å². The number of nitrogens with zero attached hydrogens (tertiary/aromatic N) is 4. The molecule has 0 bridgehead atoms. The summed E-state index contributed by atoms with van der Waals surface area (Å²) in [5.41, 5.74) is 10.9. The van der Waals surface area contributed by atoms with Crippen molar-refractivity contribution in [2.45, 2.75) is 13.8 Å². The van der Waals surface area contributed by atoms with E-state index < -0.39 is 0 Å². The molecule has 0 aliphatic carbocycles. The monoisotopic (exact) mass is 293 g/mol. The molecule has 0 amide bonds. The van der Waals surface area contributed by atoms with E-state index in [4.69, 9.17) is 10.7 Å². The first kappa shape index (κ1) is 14.3. The van der Waals surface area contributed by atoms with Crippen LogP contribution in [0.1, 0.15) is 11.3 Å². The van der Waals surface area contributed by atoms with Gasteiger partial charge >= 0.3 is 0 Å². The minimum absolute atomic E-state index is 0.515. The Morgan fingerprint density at radius 3 is 2.55 bits per heavy atom. The van der Waals surface area contributed by atoms with E-state index in [0.717, 1.165) is 39.0 Å². The zero-order valence-corrected chi connectivity index (χ0v) is 13.3. The van der Waals surface area contributed by atoms with E-state index in [0.29, 0.717) is 5.82 Å². The van der Waals surface area contributed by atoms with Gasteiger partial charge in [-0.25, -0.2) is 4.98 Å². The predicted molar refractivity (Wildman–Crippen MR) is 91.0 cm³/mol. The molecule has 0 aliphatic heterocycles. The van der Waals surface area contributed by atoms with Crippen LogP contribution in [-0.4, -0.2) is 29.0 Å². The zero-order chi connectivity index (χ0) is 15.9. The fourth-order valence-corrected chi connectivity index (χ4v) is 2.69. The molecule has 0 spiro atoms. The summed E-state index contributed by atoms with van der Waals surface area (Å²) in [5, 5.41) is 2.07. The summed E-state index contributed by atoms with van der Waals surface area (Å²) in [6.07, 6.45) is 5.51. The molecule has 0 saturated carbocycles. The van der Waals surface area contributed by atoms with E-state index in [2.05, 4.69) is 21.8 Å². The molecular formula is C17H19N5. The summed E-state index contributed by atoms with van der Waals surface area (Å²) in [6.45, 7) is 4.08. The van der Waals surface area contributed by atoms with Gasteiger partial charge in [-0.05, 0) is 36.9 Å². The normalized spacial score (nSPS) is 10.9. The molecule has 3 rings (SSSR count). The van der Waals surface area contributed by atoms with Gasteiger partial charge in [-0.2, -0.15) is 0 Å². The van der Waals surface area contributed by atoms with Gasteiger partial charge in [0.05, 0.1) is 17.6 Å². The van der Waals surface area contributed by atoms with Crippen LogP contribution in [0, 0.1) is 13.8 Å². The third kappa shape index (κ3) is 2.35. The first-order valence-corrected chi connectivity index (χ1v) is 7.12. The molecule has 0 radical (unpaired) electrons. The largest absolute Gasteiger partial charge is 0.384 e. The fourth-order valence-electron chi connectivity index (χ4n) is 2.69. The predicted octanol–water partition coefficient (Wildman–Crippen LogP) is 2.96. The Kier molecular flexibility index (Phi) is 3.41. The standard InChI is InChI=1S/C17H19N5/c1-10-13(7-19-9-16(10)22(3)4)15-5-12-6-17(18)20-8-14(12)11(2)21-15/h5-9H,1-4H3,(H2,18,20). The molecule has 3 aromatic rings. The van der Waals surface area contributed by atoms with Crippen molar-refractivity contribution in [1.82, 2.24) is 15.0 Å². The highest BCUT2D eigenvalue weighted by Crippen LogP contribution is 2.30. The van der Waals surface area contributed by atoms with Crippen molar-refractivity contribution in [2.24, 2.45) is 0 Å². The van der Waals surface area contributed by atoms with E-state index >= 15 is 0 Å². The Labute approximate surface area is 129 Å². The number of nitrogens with two attached hydrogens (primary N) is 1. The summed E-state index contributed by atoms with van der Waals surface area (Å²) in [7, 11) is 4.03. The molecule has 2 N–H and O–H groups in total. The van der Waals surface area contributed by atoms with Gasteiger partial charge in [-0.1, -0.05) is 0 Å². The van der Waals surface area contributed by atoms with Crippen molar-refractivity contribution in [3.8, 4) is 11.3 Å². The van der Waals surface area contributed by atoms with Gasteiger partial charge in [0.15, 0.2) is 0 Å². The van der Waals surface area contributed by atoms with E-state index in [-0.39, 0.29) is 0 Å². The van der Waals surface area contributed by atoms with Gasteiger partial charge in [-0.3, -0.25) is 9.97 Å². The Bertz CT molecular complexity index is 855. The number of anilines is 2. The second kappa shape index (κ2) is 5.26. The number of aryl methyl sites for hydroxylation is 1. The van der Waals surface area contributed by atoms with Crippen LogP contribution in [0.15, 0.2) is 30.7 Å². The van der Waals surface area contributed by atoms with Crippen molar-refractivity contribution >= 4 is 22.3 Å². The van der Waals surface area contributed by atoms with E-state index in [1.807, 2.05) is 45.5 Å². The second-order valence-electron chi connectivity index (χ2n) is 5.65. The van der Waals surface area contributed by atoms with Crippen molar-refractivity contribution in [1.29, 1.82) is 0 Å². The Balaban J connectivity index is 2.25. The van der Waals surface area contributed by atoms with E-state index in [1.54, 1.807) is 6.20 Å². The molecule has 5 nitrogen and oxygen atoms in total. The molecule has 5 heteroatoms. The minimum atomic E-state index is 0.515. The first-order chi connectivity index (χ1) is 10.5. The van der Waals surface area contributed by atoms with Crippen LogP contribution >= 0.6 is 0 Å². The molecule has 112 valence electrons. The highest BCUT2D eigenvalue weighted by atomic mass is 15.1.